The summed E-state index contributed by atoms with van der Waals surface area (Å²) in [5.74, 6) is -0.453. The van der Waals surface area contributed by atoms with Crippen molar-refractivity contribution >= 4 is 5.97 Å². The van der Waals surface area contributed by atoms with Gasteiger partial charge in [-0.15, -0.1) is 0 Å². The standard InChI is InChI=1S/C18H25NO3/c1-19-12-9-15(13-19)22-17(21)16(20)18(10-5-6-11-18)14-7-3-2-4-8-14/h2-4,7-8,15-16,20H,5-6,9-13H2,1H3. The second-order valence-electron chi connectivity index (χ2n) is 6.74. The van der Waals surface area contributed by atoms with E-state index in [0.29, 0.717) is 0 Å². The minimum atomic E-state index is -1.07. The molecule has 4 heteroatoms. The summed E-state index contributed by atoms with van der Waals surface area (Å²) in [5.41, 5.74) is 0.587. The lowest BCUT2D eigenvalue weighted by molar-refractivity contribution is -0.162. The Kier molecular flexibility index (Phi) is 4.50. The number of aliphatic hydroxyl groups is 1. The van der Waals surface area contributed by atoms with Crippen molar-refractivity contribution in [1.82, 2.24) is 4.90 Å². The molecule has 1 saturated heterocycles. The number of benzene rings is 1. The van der Waals surface area contributed by atoms with Crippen LogP contribution in [0.15, 0.2) is 30.3 Å². The van der Waals surface area contributed by atoms with Crippen molar-refractivity contribution in [2.75, 3.05) is 20.1 Å². The van der Waals surface area contributed by atoms with Gasteiger partial charge < -0.3 is 14.7 Å². The van der Waals surface area contributed by atoms with Crippen LogP contribution in [0.3, 0.4) is 0 Å². The van der Waals surface area contributed by atoms with E-state index in [9.17, 15) is 9.90 Å². The number of carbonyl (C=O) groups is 1. The van der Waals surface area contributed by atoms with E-state index in [4.69, 9.17) is 4.74 Å². The molecule has 22 heavy (non-hydrogen) atoms. The van der Waals surface area contributed by atoms with Crippen LogP contribution in [0.25, 0.3) is 0 Å². The minimum absolute atomic E-state index is 0.0821. The average molecular weight is 303 g/mol. The van der Waals surface area contributed by atoms with Gasteiger partial charge in [-0.25, -0.2) is 4.79 Å². The Balaban J connectivity index is 1.75. The molecule has 1 N–H and O–H groups in total. The lowest BCUT2D eigenvalue weighted by atomic mass is 9.74. The fourth-order valence-corrected chi connectivity index (χ4v) is 3.94. The van der Waals surface area contributed by atoms with E-state index in [2.05, 4.69) is 4.90 Å². The molecule has 1 saturated carbocycles. The smallest absolute Gasteiger partial charge is 0.336 e. The highest BCUT2D eigenvalue weighted by Crippen LogP contribution is 2.44. The van der Waals surface area contributed by atoms with Crippen LogP contribution in [-0.4, -0.2) is 48.3 Å². The highest BCUT2D eigenvalue weighted by Gasteiger charge is 2.46. The topological polar surface area (TPSA) is 49.8 Å². The van der Waals surface area contributed by atoms with Gasteiger partial charge in [0.25, 0.3) is 0 Å². The van der Waals surface area contributed by atoms with Crippen LogP contribution in [-0.2, 0) is 14.9 Å². The van der Waals surface area contributed by atoms with E-state index >= 15 is 0 Å². The first kappa shape index (κ1) is 15.5. The van der Waals surface area contributed by atoms with Crippen molar-refractivity contribution < 1.29 is 14.6 Å². The van der Waals surface area contributed by atoms with Crippen LogP contribution < -0.4 is 0 Å². The molecule has 2 fully saturated rings. The second kappa shape index (κ2) is 6.39. The number of ether oxygens (including phenoxy) is 1. The Morgan fingerprint density at radius 1 is 1.32 bits per heavy atom. The van der Waals surface area contributed by atoms with E-state index < -0.39 is 17.5 Å². The molecule has 1 aromatic carbocycles. The van der Waals surface area contributed by atoms with Gasteiger partial charge in [-0.3, -0.25) is 0 Å². The summed E-state index contributed by atoms with van der Waals surface area (Å²) in [4.78, 5) is 14.6. The molecule has 1 heterocycles. The van der Waals surface area contributed by atoms with Gasteiger partial charge >= 0.3 is 5.97 Å². The third kappa shape index (κ3) is 2.90. The predicted octanol–water partition coefficient (Wildman–Crippen LogP) is 2.11. The number of carbonyl (C=O) groups excluding carboxylic acids is 1. The first-order valence-electron chi connectivity index (χ1n) is 8.24. The molecule has 1 aliphatic heterocycles. The minimum Gasteiger partial charge on any atom is -0.459 e. The van der Waals surface area contributed by atoms with E-state index in [1.165, 1.54) is 0 Å². The second-order valence-corrected chi connectivity index (χ2v) is 6.74. The molecular formula is C18H25NO3. The normalized spacial score (nSPS) is 26.0. The number of hydrogen-bond donors (Lipinski definition) is 1. The fraction of sp³-hybridized carbons (Fsp3) is 0.611. The molecule has 2 unspecified atom stereocenters. The number of esters is 1. The summed E-state index contributed by atoms with van der Waals surface area (Å²) in [5, 5.41) is 10.8. The number of rotatable bonds is 4. The van der Waals surface area contributed by atoms with Gasteiger partial charge in [-0.2, -0.15) is 0 Å². The zero-order chi connectivity index (χ0) is 15.6. The van der Waals surface area contributed by atoms with Gasteiger partial charge in [0.15, 0.2) is 6.10 Å². The Morgan fingerprint density at radius 3 is 2.59 bits per heavy atom. The predicted molar refractivity (Wildman–Crippen MR) is 84.6 cm³/mol. The van der Waals surface area contributed by atoms with Gasteiger partial charge in [0, 0.05) is 18.5 Å². The van der Waals surface area contributed by atoms with E-state index in [-0.39, 0.29) is 6.10 Å². The molecular weight excluding hydrogens is 278 g/mol. The Bertz CT molecular complexity index is 510. The number of nitrogens with zero attached hydrogens (tertiary/aromatic N) is 1. The van der Waals surface area contributed by atoms with E-state index in [1.807, 2.05) is 37.4 Å². The molecule has 2 aliphatic rings. The van der Waals surface area contributed by atoms with Crippen LogP contribution in [0.4, 0.5) is 0 Å². The van der Waals surface area contributed by atoms with Crippen LogP contribution in [0.1, 0.15) is 37.7 Å². The number of aliphatic hydroxyl groups excluding tert-OH is 1. The fourth-order valence-electron chi connectivity index (χ4n) is 3.94. The third-order valence-corrected chi connectivity index (χ3v) is 5.22. The first-order valence-corrected chi connectivity index (χ1v) is 8.24. The van der Waals surface area contributed by atoms with Gasteiger partial charge in [0.05, 0.1) is 0 Å². The first-order chi connectivity index (χ1) is 10.6. The summed E-state index contributed by atoms with van der Waals surface area (Å²) in [7, 11) is 2.02. The van der Waals surface area contributed by atoms with Crippen LogP contribution in [0, 0.1) is 0 Å². The highest BCUT2D eigenvalue weighted by atomic mass is 16.6. The lowest BCUT2D eigenvalue weighted by Gasteiger charge is -2.34. The molecule has 120 valence electrons. The quantitative estimate of drug-likeness (QED) is 0.866. The summed E-state index contributed by atoms with van der Waals surface area (Å²) >= 11 is 0. The van der Waals surface area contributed by atoms with Crippen molar-refractivity contribution in [3.63, 3.8) is 0 Å². The summed E-state index contributed by atoms with van der Waals surface area (Å²) < 4.78 is 5.57. The third-order valence-electron chi connectivity index (χ3n) is 5.22. The average Bonchev–Trinajstić information content (AvgIpc) is 3.17. The Labute approximate surface area is 132 Å². The molecule has 1 aliphatic carbocycles. The molecule has 3 rings (SSSR count). The molecule has 4 nitrogen and oxygen atoms in total. The summed E-state index contributed by atoms with van der Waals surface area (Å²) in [6.45, 7) is 1.70. The van der Waals surface area contributed by atoms with Crippen molar-refractivity contribution in [2.45, 2.75) is 49.7 Å². The maximum Gasteiger partial charge on any atom is 0.336 e. The lowest BCUT2D eigenvalue weighted by Crippen LogP contribution is -2.44. The molecule has 0 amide bonds. The Morgan fingerprint density at radius 2 is 2.00 bits per heavy atom. The zero-order valence-electron chi connectivity index (χ0n) is 13.2. The maximum atomic E-state index is 12.5. The summed E-state index contributed by atoms with van der Waals surface area (Å²) in [6, 6.07) is 9.94. The van der Waals surface area contributed by atoms with E-state index in [0.717, 1.165) is 50.8 Å². The number of hydrogen-bond acceptors (Lipinski definition) is 4. The molecule has 1 aromatic rings. The molecule has 0 spiro atoms. The van der Waals surface area contributed by atoms with Crippen LogP contribution in [0.2, 0.25) is 0 Å². The molecule has 0 bridgehead atoms. The zero-order valence-corrected chi connectivity index (χ0v) is 13.2. The van der Waals surface area contributed by atoms with Crippen molar-refractivity contribution in [1.29, 1.82) is 0 Å². The van der Waals surface area contributed by atoms with Crippen LogP contribution >= 0.6 is 0 Å². The molecule has 0 radical (unpaired) electrons. The summed E-state index contributed by atoms with van der Waals surface area (Å²) in [6.07, 6.45) is 3.49. The van der Waals surface area contributed by atoms with Crippen LogP contribution in [0.5, 0.6) is 0 Å². The van der Waals surface area contributed by atoms with Gasteiger partial charge in [-0.05, 0) is 31.9 Å². The van der Waals surface area contributed by atoms with Crippen molar-refractivity contribution in [3.8, 4) is 0 Å². The van der Waals surface area contributed by atoms with Crippen molar-refractivity contribution in [3.05, 3.63) is 35.9 Å². The molecule has 0 aromatic heterocycles. The maximum absolute atomic E-state index is 12.5. The molecule has 2 atom stereocenters. The van der Waals surface area contributed by atoms with Gasteiger partial charge in [-0.1, -0.05) is 43.2 Å². The number of likely N-dealkylation sites (N-methyl/N-ethyl adjacent to an activating group) is 1. The Hall–Kier alpha value is -1.39. The monoisotopic (exact) mass is 303 g/mol. The van der Waals surface area contributed by atoms with Gasteiger partial charge in [0.2, 0.25) is 0 Å². The van der Waals surface area contributed by atoms with Crippen molar-refractivity contribution in [2.24, 2.45) is 0 Å². The largest absolute Gasteiger partial charge is 0.459 e. The SMILES string of the molecule is CN1CCC(OC(=O)C(O)C2(c3ccccc3)CCCC2)C1. The number of likely N-dealkylation sites (tertiary alicyclic amines) is 1. The van der Waals surface area contributed by atoms with Gasteiger partial charge in [0.1, 0.15) is 6.10 Å². The highest BCUT2D eigenvalue weighted by molar-refractivity contribution is 5.77. The van der Waals surface area contributed by atoms with E-state index in [1.54, 1.807) is 0 Å².